The zero-order valence-electron chi connectivity index (χ0n) is 17.7. The van der Waals surface area contributed by atoms with E-state index < -0.39 is 0 Å². The maximum atomic E-state index is 12.0. The molecule has 0 radical (unpaired) electrons. The third-order valence-electron chi connectivity index (χ3n) is 5.04. The number of hydrogen-bond acceptors (Lipinski definition) is 3. The molecule has 6 heteroatoms. The summed E-state index contributed by atoms with van der Waals surface area (Å²) in [7, 11) is 0. The number of amides is 1. The van der Waals surface area contributed by atoms with Crippen LogP contribution in [0.4, 0.5) is 5.69 Å². The minimum absolute atomic E-state index is 0.0577. The van der Waals surface area contributed by atoms with Gasteiger partial charge in [0.25, 0.3) is 0 Å². The second-order valence-corrected chi connectivity index (χ2v) is 7.43. The maximum Gasteiger partial charge on any atom is 0.225 e. The van der Waals surface area contributed by atoms with Crippen LogP contribution in [0, 0.1) is 0 Å². The van der Waals surface area contributed by atoms with E-state index in [4.69, 9.17) is 9.73 Å². The van der Waals surface area contributed by atoms with Crippen LogP contribution in [-0.4, -0.2) is 38.1 Å². The molecule has 0 saturated heterocycles. The van der Waals surface area contributed by atoms with Crippen molar-refractivity contribution in [2.75, 3.05) is 31.6 Å². The van der Waals surface area contributed by atoms with Gasteiger partial charge < -0.3 is 20.7 Å². The first-order valence-corrected chi connectivity index (χ1v) is 10.8. The molecular weight excluding hydrogens is 376 g/mol. The highest BCUT2D eigenvalue weighted by Crippen LogP contribution is 2.31. The Hall–Kier alpha value is -2.86. The first-order chi connectivity index (χ1) is 14.8. The van der Waals surface area contributed by atoms with E-state index in [1.807, 2.05) is 36.4 Å². The van der Waals surface area contributed by atoms with Crippen molar-refractivity contribution in [3.63, 3.8) is 0 Å². The predicted octanol–water partition coefficient (Wildman–Crippen LogP) is 3.66. The second kappa shape index (κ2) is 12.0. The van der Waals surface area contributed by atoms with Crippen molar-refractivity contribution < 1.29 is 9.53 Å². The summed E-state index contributed by atoms with van der Waals surface area (Å²) in [6.07, 6.45) is 2.47. The van der Waals surface area contributed by atoms with Gasteiger partial charge >= 0.3 is 0 Å². The fraction of sp³-hybridized carbons (Fsp3) is 0.417. The molecule has 2 aromatic rings. The maximum absolute atomic E-state index is 12.0. The Morgan fingerprint density at radius 3 is 2.73 bits per heavy atom. The SMILES string of the molecule is CCNC(=NCC1CC(=O)Nc2ccccc21)NCCCCOCc1ccccc1. The fourth-order valence-corrected chi connectivity index (χ4v) is 3.51. The Labute approximate surface area is 179 Å². The number of rotatable bonds is 10. The summed E-state index contributed by atoms with van der Waals surface area (Å²) in [4.78, 5) is 16.7. The van der Waals surface area contributed by atoms with Gasteiger partial charge in [-0.1, -0.05) is 48.5 Å². The highest BCUT2D eigenvalue weighted by atomic mass is 16.5. The van der Waals surface area contributed by atoms with E-state index in [9.17, 15) is 4.79 Å². The van der Waals surface area contributed by atoms with E-state index in [2.05, 4.69) is 41.1 Å². The third kappa shape index (κ3) is 6.88. The van der Waals surface area contributed by atoms with Gasteiger partial charge in [-0.05, 0) is 37.0 Å². The molecule has 0 aliphatic carbocycles. The number of anilines is 1. The van der Waals surface area contributed by atoms with Gasteiger partial charge in [-0.25, -0.2) is 0 Å². The second-order valence-electron chi connectivity index (χ2n) is 7.43. The molecule has 6 nitrogen and oxygen atoms in total. The number of fused-ring (bicyclic) bond motifs is 1. The summed E-state index contributed by atoms with van der Waals surface area (Å²) in [5.41, 5.74) is 3.27. The number of ether oxygens (including phenoxy) is 1. The Morgan fingerprint density at radius 1 is 1.10 bits per heavy atom. The van der Waals surface area contributed by atoms with Crippen LogP contribution in [0.1, 0.15) is 43.2 Å². The predicted molar refractivity (Wildman–Crippen MR) is 122 cm³/mol. The number of nitrogens with zero attached hydrogens (tertiary/aromatic N) is 1. The summed E-state index contributed by atoms with van der Waals surface area (Å²) in [6.45, 7) is 5.68. The summed E-state index contributed by atoms with van der Waals surface area (Å²) in [5, 5.41) is 9.62. The lowest BCUT2D eigenvalue weighted by Gasteiger charge is -2.24. The highest BCUT2D eigenvalue weighted by Gasteiger charge is 2.24. The van der Waals surface area contributed by atoms with Crippen molar-refractivity contribution >= 4 is 17.6 Å². The van der Waals surface area contributed by atoms with Gasteiger partial charge in [0, 0.05) is 37.7 Å². The molecule has 3 N–H and O–H groups in total. The van der Waals surface area contributed by atoms with Gasteiger partial charge in [0.05, 0.1) is 13.2 Å². The lowest BCUT2D eigenvalue weighted by molar-refractivity contribution is -0.116. The molecule has 0 bridgehead atoms. The lowest BCUT2D eigenvalue weighted by atomic mass is 9.91. The number of unbranched alkanes of at least 4 members (excludes halogenated alkanes) is 1. The van der Waals surface area contributed by atoms with Crippen LogP contribution >= 0.6 is 0 Å². The van der Waals surface area contributed by atoms with Gasteiger partial charge in [-0.3, -0.25) is 9.79 Å². The quantitative estimate of drug-likeness (QED) is 0.319. The van der Waals surface area contributed by atoms with Crippen LogP contribution in [0.3, 0.4) is 0 Å². The fourth-order valence-electron chi connectivity index (χ4n) is 3.51. The zero-order valence-corrected chi connectivity index (χ0v) is 17.7. The number of aliphatic imine (C=N–C) groups is 1. The standard InChI is InChI=1S/C24H32N4O2/c1-2-25-24(26-14-8-9-15-30-18-19-10-4-3-5-11-19)27-17-20-16-23(29)28-22-13-7-6-12-21(20)22/h3-7,10-13,20H,2,8-9,14-18H2,1H3,(H,28,29)(H2,25,26,27). The van der Waals surface area contributed by atoms with Crippen molar-refractivity contribution in [2.24, 2.45) is 4.99 Å². The van der Waals surface area contributed by atoms with Crippen molar-refractivity contribution in [3.8, 4) is 0 Å². The normalized spacial score (nSPS) is 16.0. The molecular formula is C24H32N4O2. The van der Waals surface area contributed by atoms with E-state index in [-0.39, 0.29) is 11.8 Å². The molecule has 1 amide bonds. The Bertz CT molecular complexity index is 823. The zero-order chi connectivity index (χ0) is 21.0. The van der Waals surface area contributed by atoms with Crippen molar-refractivity contribution in [3.05, 3.63) is 65.7 Å². The van der Waals surface area contributed by atoms with Crippen molar-refractivity contribution in [2.45, 2.75) is 38.7 Å². The molecule has 1 heterocycles. The van der Waals surface area contributed by atoms with E-state index in [1.54, 1.807) is 0 Å². The van der Waals surface area contributed by atoms with Crippen LogP contribution in [0.5, 0.6) is 0 Å². The first-order valence-electron chi connectivity index (χ1n) is 10.8. The number of nitrogens with one attached hydrogen (secondary N) is 3. The summed E-state index contributed by atoms with van der Waals surface area (Å²) < 4.78 is 5.73. The smallest absolute Gasteiger partial charge is 0.225 e. The molecule has 3 rings (SSSR count). The van der Waals surface area contributed by atoms with Crippen LogP contribution in [-0.2, 0) is 16.1 Å². The van der Waals surface area contributed by atoms with Gasteiger partial charge in [-0.15, -0.1) is 0 Å². The number of para-hydroxylation sites is 1. The number of carbonyl (C=O) groups is 1. The van der Waals surface area contributed by atoms with Crippen molar-refractivity contribution in [1.29, 1.82) is 0 Å². The molecule has 160 valence electrons. The number of carbonyl (C=O) groups excluding carboxylic acids is 1. The molecule has 1 unspecified atom stereocenters. The molecule has 0 spiro atoms. The van der Waals surface area contributed by atoms with Crippen LogP contribution in [0.15, 0.2) is 59.6 Å². The molecule has 0 fully saturated rings. The first kappa shape index (κ1) is 21.8. The molecule has 1 atom stereocenters. The number of benzene rings is 2. The molecule has 1 aliphatic rings. The minimum Gasteiger partial charge on any atom is -0.377 e. The van der Waals surface area contributed by atoms with Crippen LogP contribution < -0.4 is 16.0 Å². The number of guanidine groups is 1. The average Bonchev–Trinajstić information content (AvgIpc) is 2.77. The molecule has 0 aromatic heterocycles. The Kier molecular flexibility index (Phi) is 8.72. The largest absolute Gasteiger partial charge is 0.377 e. The summed E-state index contributed by atoms with van der Waals surface area (Å²) in [5.74, 6) is 0.963. The van der Waals surface area contributed by atoms with E-state index in [0.717, 1.165) is 49.7 Å². The van der Waals surface area contributed by atoms with Crippen LogP contribution in [0.25, 0.3) is 0 Å². The molecule has 30 heavy (non-hydrogen) atoms. The molecule has 0 saturated carbocycles. The average molecular weight is 409 g/mol. The van der Waals surface area contributed by atoms with E-state index in [1.165, 1.54) is 5.56 Å². The topological polar surface area (TPSA) is 74.8 Å². The Balaban J connectivity index is 1.40. The van der Waals surface area contributed by atoms with Crippen molar-refractivity contribution in [1.82, 2.24) is 10.6 Å². The molecule has 1 aliphatic heterocycles. The van der Waals surface area contributed by atoms with Gasteiger partial charge in [0.2, 0.25) is 5.91 Å². The Morgan fingerprint density at radius 2 is 1.90 bits per heavy atom. The highest BCUT2D eigenvalue weighted by molar-refractivity contribution is 5.94. The van der Waals surface area contributed by atoms with Gasteiger partial charge in [0.15, 0.2) is 5.96 Å². The van der Waals surface area contributed by atoms with E-state index >= 15 is 0 Å². The monoisotopic (exact) mass is 408 g/mol. The summed E-state index contributed by atoms with van der Waals surface area (Å²) in [6, 6.07) is 18.2. The third-order valence-corrected chi connectivity index (χ3v) is 5.04. The van der Waals surface area contributed by atoms with Gasteiger partial charge in [0.1, 0.15) is 0 Å². The van der Waals surface area contributed by atoms with E-state index in [0.29, 0.717) is 19.6 Å². The lowest BCUT2D eigenvalue weighted by Crippen LogP contribution is -2.38. The summed E-state index contributed by atoms with van der Waals surface area (Å²) >= 11 is 0. The molecule has 2 aromatic carbocycles. The number of hydrogen-bond donors (Lipinski definition) is 3. The van der Waals surface area contributed by atoms with Crippen LogP contribution in [0.2, 0.25) is 0 Å². The minimum atomic E-state index is 0.0577. The van der Waals surface area contributed by atoms with Gasteiger partial charge in [-0.2, -0.15) is 0 Å².